The molecule has 3 N–H and O–H groups in total. The number of carbonyl (C=O) groups is 1. The van der Waals surface area contributed by atoms with Gasteiger partial charge in [0.05, 0.1) is 23.1 Å². The maximum Gasteiger partial charge on any atom is 0.338 e. The molecule has 0 unspecified atom stereocenters. The van der Waals surface area contributed by atoms with Crippen molar-refractivity contribution in [3.05, 3.63) is 82.7 Å². The average Bonchev–Trinajstić information content (AvgIpc) is 2.87. The van der Waals surface area contributed by atoms with Crippen LogP contribution in [0.3, 0.4) is 0 Å². The third-order valence-corrected chi connectivity index (χ3v) is 7.49. The highest BCUT2D eigenvalue weighted by atomic mass is 127. The molecule has 5 rings (SSSR count). The van der Waals surface area contributed by atoms with Crippen molar-refractivity contribution in [2.45, 2.75) is 50.5 Å². The monoisotopic (exact) mass is 662 g/mol. The van der Waals surface area contributed by atoms with Gasteiger partial charge in [-0.1, -0.05) is 52.9 Å². The van der Waals surface area contributed by atoms with Gasteiger partial charge in [0.25, 0.3) is 0 Å². The SMILES string of the molecule is CC1=CC(C)(C)Nc2cc3oc4cc(=N)c(/C(C)=C\C(C)(C)I)cc-4c(-c4ccccc4C(=O)OCCO)c3cc21. The van der Waals surface area contributed by atoms with Crippen LogP contribution < -0.4 is 10.7 Å². The van der Waals surface area contributed by atoms with Crippen LogP contribution in [-0.2, 0) is 4.74 Å². The number of hydrogen-bond acceptors (Lipinski definition) is 6. The van der Waals surface area contributed by atoms with E-state index in [1.165, 1.54) is 0 Å². The molecule has 2 aromatic rings. The number of anilines is 1. The fourth-order valence-electron chi connectivity index (χ4n) is 5.72. The summed E-state index contributed by atoms with van der Waals surface area (Å²) in [4.78, 5) is 13.2. The molecule has 3 aliphatic rings. The molecule has 6 nitrogen and oxygen atoms in total. The Hall–Kier alpha value is -3.43. The first-order valence-electron chi connectivity index (χ1n) is 13.7. The molecule has 41 heavy (non-hydrogen) atoms. The summed E-state index contributed by atoms with van der Waals surface area (Å²) in [5.41, 5.74) is 8.15. The highest BCUT2D eigenvalue weighted by Gasteiger charge is 2.27. The number of halogens is 1. The highest BCUT2D eigenvalue weighted by molar-refractivity contribution is 14.1. The highest BCUT2D eigenvalue weighted by Crippen LogP contribution is 2.45. The summed E-state index contributed by atoms with van der Waals surface area (Å²) < 4.78 is 11.8. The summed E-state index contributed by atoms with van der Waals surface area (Å²) in [5.74, 6) is 0.0536. The minimum absolute atomic E-state index is 0.0832. The lowest BCUT2D eigenvalue weighted by atomic mass is 9.86. The van der Waals surface area contributed by atoms with E-state index in [4.69, 9.17) is 14.6 Å². The summed E-state index contributed by atoms with van der Waals surface area (Å²) in [6.45, 7) is 12.3. The predicted octanol–water partition coefficient (Wildman–Crippen LogP) is 8.06. The Morgan fingerprint density at radius 1 is 1.12 bits per heavy atom. The van der Waals surface area contributed by atoms with Gasteiger partial charge in [-0.25, -0.2) is 4.79 Å². The molecular weight excluding hydrogens is 627 g/mol. The molecule has 2 heterocycles. The number of carbonyl (C=O) groups excluding carboxylic acids is 1. The number of aliphatic hydroxyl groups is 1. The van der Waals surface area contributed by atoms with E-state index in [1.807, 2.05) is 31.2 Å². The maximum absolute atomic E-state index is 13.2. The van der Waals surface area contributed by atoms with Crippen molar-refractivity contribution in [2.24, 2.45) is 0 Å². The smallest absolute Gasteiger partial charge is 0.338 e. The van der Waals surface area contributed by atoms with Gasteiger partial charge in [0, 0.05) is 48.9 Å². The fraction of sp³-hybridized carbons (Fsp3) is 0.294. The standard InChI is InChI=1S/C34H35IN2O4/c1-19(17-33(3,4)35)23-13-25-29(15-27(23)36)41-30-16-28-24(20(2)18-34(5,6)37-28)14-26(30)31(25)21-9-7-8-10-22(21)32(39)40-12-11-38/h7-10,13-18,36-38H,11-12H2,1-6H3/b19-17-,36-27?. The van der Waals surface area contributed by atoms with Gasteiger partial charge in [-0.05, 0) is 76.5 Å². The van der Waals surface area contributed by atoms with Gasteiger partial charge in [-0.2, -0.15) is 0 Å². The third-order valence-electron chi connectivity index (χ3n) is 7.18. The van der Waals surface area contributed by atoms with E-state index in [1.54, 1.807) is 18.2 Å². The second-order valence-corrected chi connectivity index (χ2v) is 14.5. The van der Waals surface area contributed by atoms with Gasteiger partial charge < -0.3 is 25.0 Å². The first-order chi connectivity index (χ1) is 19.3. The summed E-state index contributed by atoms with van der Waals surface area (Å²) in [5, 5.41) is 23.0. The molecule has 212 valence electrons. The number of rotatable bonds is 6. The Morgan fingerprint density at radius 2 is 1.85 bits per heavy atom. The van der Waals surface area contributed by atoms with Crippen LogP contribution in [0.1, 0.15) is 63.0 Å². The largest absolute Gasteiger partial charge is 0.460 e. The van der Waals surface area contributed by atoms with E-state index in [2.05, 4.69) is 80.7 Å². The number of alkyl halides is 1. The molecule has 0 saturated carbocycles. The number of benzene rings is 3. The quantitative estimate of drug-likeness (QED) is 0.0841. The molecular formula is C34H35IN2O4. The van der Waals surface area contributed by atoms with Crippen molar-refractivity contribution in [1.82, 2.24) is 0 Å². The van der Waals surface area contributed by atoms with Gasteiger partial charge >= 0.3 is 5.97 Å². The number of aliphatic hydroxyl groups excluding tert-OH is 1. The maximum atomic E-state index is 13.2. The van der Waals surface area contributed by atoms with Crippen LogP contribution in [0.5, 0.6) is 0 Å². The summed E-state index contributed by atoms with van der Waals surface area (Å²) >= 11 is 2.39. The van der Waals surface area contributed by atoms with E-state index >= 15 is 0 Å². The van der Waals surface area contributed by atoms with E-state index in [0.717, 1.165) is 44.5 Å². The number of esters is 1. The zero-order valence-electron chi connectivity index (χ0n) is 24.2. The lowest BCUT2D eigenvalue weighted by Gasteiger charge is -2.32. The zero-order valence-corrected chi connectivity index (χ0v) is 26.4. The van der Waals surface area contributed by atoms with Crippen LogP contribution in [0.4, 0.5) is 5.69 Å². The number of ether oxygens (including phenoxy) is 1. The molecule has 2 aromatic carbocycles. The summed E-state index contributed by atoms with van der Waals surface area (Å²) in [7, 11) is 0. The molecule has 0 radical (unpaired) electrons. The first-order valence-corrected chi connectivity index (χ1v) is 14.7. The molecule has 0 bridgehead atoms. The zero-order chi connectivity index (χ0) is 29.7. The van der Waals surface area contributed by atoms with Gasteiger partial charge in [0.1, 0.15) is 18.0 Å². The molecule has 0 amide bonds. The number of fused-ring (bicyclic) bond motifs is 3. The molecule has 7 heteroatoms. The van der Waals surface area contributed by atoms with Crippen molar-refractivity contribution < 1.29 is 19.1 Å². The van der Waals surface area contributed by atoms with Crippen molar-refractivity contribution in [2.75, 3.05) is 18.5 Å². The minimum Gasteiger partial charge on any atom is -0.460 e. The van der Waals surface area contributed by atoms with Crippen molar-refractivity contribution in [3.63, 3.8) is 0 Å². The van der Waals surface area contributed by atoms with Crippen LogP contribution in [0.25, 0.3) is 44.6 Å². The summed E-state index contributed by atoms with van der Waals surface area (Å²) in [6, 6.07) is 15.3. The lowest BCUT2D eigenvalue weighted by molar-refractivity contribution is 0.0434. The topological polar surface area (TPSA) is 95.6 Å². The first kappa shape index (κ1) is 29.1. The predicted molar refractivity (Wildman–Crippen MR) is 175 cm³/mol. The van der Waals surface area contributed by atoms with E-state index in [9.17, 15) is 9.90 Å². The van der Waals surface area contributed by atoms with E-state index in [0.29, 0.717) is 27.8 Å². The van der Waals surface area contributed by atoms with Gasteiger partial charge in [0.15, 0.2) is 0 Å². The van der Waals surface area contributed by atoms with Crippen LogP contribution in [0.2, 0.25) is 0 Å². The Kier molecular flexibility index (Phi) is 7.63. The van der Waals surface area contributed by atoms with Gasteiger partial charge in [-0.15, -0.1) is 0 Å². The fourth-order valence-corrected chi connectivity index (χ4v) is 6.19. The van der Waals surface area contributed by atoms with Crippen molar-refractivity contribution in [3.8, 4) is 22.5 Å². The molecule has 0 aromatic heterocycles. The Morgan fingerprint density at radius 3 is 2.56 bits per heavy atom. The Balaban J connectivity index is 1.90. The second kappa shape index (κ2) is 10.8. The molecule has 0 spiro atoms. The van der Waals surface area contributed by atoms with E-state index in [-0.39, 0.29) is 22.2 Å². The normalized spacial score (nSPS) is 14.9. The molecule has 0 atom stereocenters. The van der Waals surface area contributed by atoms with Gasteiger partial charge in [-0.3, -0.25) is 0 Å². The minimum atomic E-state index is -0.505. The number of allylic oxidation sites excluding steroid dienone is 3. The molecule has 1 aliphatic carbocycles. The van der Waals surface area contributed by atoms with Crippen molar-refractivity contribution >= 4 is 56.4 Å². The Bertz CT molecular complexity index is 1770. The second-order valence-electron chi connectivity index (χ2n) is 11.7. The summed E-state index contributed by atoms with van der Waals surface area (Å²) in [6.07, 6.45) is 4.37. The Labute approximate surface area is 254 Å². The van der Waals surface area contributed by atoms with Crippen LogP contribution in [-0.4, -0.2) is 33.3 Å². The van der Waals surface area contributed by atoms with Crippen LogP contribution in [0.15, 0.2) is 65.1 Å². The average molecular weight is 663 g/mol. The van der Waals surface area contributed by atoms with E-state index < -0.39 is 5.97 Å². The number of nitrogens with one attached hydrogen (secondary N) is 2. The number of hydrogen-bond donors (Lipinski definition) is 3. The van der Waals surface area contributed by atoms with Crippen LogP contribution >= 0.6 is 22.6 Å². The molecule has 0 fully saturated rings. The third kappa shape index (κ3) is 5.83. The van der Waals surface area contributed by atoms with Crippen LogP contribution in [0, 0.1) is 5.41 Å². The van der Waals surface area contributed by atoms with Crippen molar-refractivity contribution in [1.29, 1.82) is 5.41 Å². The molecule has 2 aliphatic heterocycles. The van der Waals surface area contributed by atoms with Gasteiger partial charge in [0.2, 0.25) is 0 Å². The lowest BCUT2D eigenvalue weighted by Crippen LogP contribution is -2.31. The molecule has 0 saturated heterocycles.